The highest BCUT2D eigenvalue weighted by Gasteiger charge is 2.28. The zero-order valence-electron chi connectivity index (χ0n) is 17.3. The Kier molecular flexibility index (Phi) is 11.3. The monoisotopic (exact) mass is 511 g/mol. The smallest absolute Gasteiger partial charge is 0.193 e. The molecule has 6 nitrogen and oxygen atoms in total. The number of hydrogen-bond donors (Lipinski definition) is 1. The average Bonchev–Trinajstić information content (AvgIpc) is 2.55. The molecule has 0 atom stereocenters. The maximum Gasteiger partial charge on any atom is 0.193 e. The average molecular weight is 511 g/mol. The van der Waals surface area contributed by atoms with Crippen LogP contribution in [0.4, 0.5) is 0 Å². The number of aliphatic imine (C=N–C) groups is 1. The maximum atomic E-state index is 12.2. The van der Waals surface area contributed by atoms with Crippen LogP contribution in [-0.2, 0) is 16.4 Å². The van der Waals surface area contributed by atoms with Gasteiger partial charge in [0.1, 0.15) is 5.75 Å². The predicted molar refractivity (Wildman–Crippen MR) is 124 cm³/mol. The SMILES string of the molecule is CCNC(=NCCS(=O)(=O)C(C)(C)C)N(C)Cc1ccc(OCC)cc1.I. The van der Waals surface area contributed by atoms with Gasteiger partial charge in [-0.3, -0.25) is 4.99 Å². The van der Waals surface area contributed by atoms with Gasteiger partial charge in [-0.05, 0) is 52.3 Å². The van der Waals surface area contributed by atoms with Crippen molar-refractivity contribution in [2.24, 2.45) is 4.99 Å². The lowest BCUT2D eigenvalue weighted by Gasteiger charge is -2.23. The molecule has 1 aromatic carbocycles. The Morgan fingerprint density at radius 1 is 1.19 bits per heavy atom. The Balaban J connectivity index is 0.00000676. The number of nitrogens with one attached hydrogen (secondary N) is 1. The van der Waals surface area contributed by atoms with Gasteiger partial charge in [0.15, 0.2) is 15.8 Å². The van der Waals surface area contributed by atoms with Crippen molar-refractivity contribution < 1.29 is 13.2 Å². The molecule has 0 radical (unpaired) electrons. The van der Waals surface area contributed by atoms with Gasteiger partial charge < -0.3 is 15.0 Å². The van der Waals surface area contributed by atoms with E-state index in [0.717, 1.165) is 17.9 Å². The molecule has 0 aromatic heterocycles. The van der Waals surface area contributed by atoms with Crippen LogP contribution in [0.15, 0.2) is 29.3 Å². The third-order valence-corrected chi connectivity index (χ3v) is 6.49. The van der Waals surface area contributed by atoms with Gasteiger partial charge in [-0.25, -0.2) is 8.42 Å². The summed E-state index contributed by atoms with van der Waals surface area (Å²) in [6.07, 6.45) is 0. The summed E-state index contributed by atoms with van der Waals surface area (Å²) in [4.78, 5) is 6.47. The van der Waals surface area contributed by atoms with Crippen molar-refractivity contribution in [3.05, 3.63) is 29.8 Å². The lowest BCUT2D eigenvalue weighted by molar-refractivity contribution is 0.340. The van der Waals surface area contributed by atoms with Gasteiger partial charge in [0.2, 0.25) is 0 Å². The molecular weight excluding hydrogens is 477 g/mol. The highest BCUT2D eigenvalue weighted by Crippen LogP contribution is 2.16. The fraction of sp³-hybridized carbons (Fsp3) is 0.632. The first-order valence-corrected chi connectivity index (χ1v) is 10.7. The van der Waals surface area contributed by atoms with Crippen molar-refractivity contribution in [1.82, 2.24) is 10.2 Å². The summed E-state index contributed by atoms with van der Waals surface area (Å²) in [6.45, 7) is 11.4. The van der Waals surface area contributed by atoms with Crippen molar-refractivity contribution >= 4 is 39.8 Å². The number of guanidine groups is 1. The second-order valence-electron chi connectivity index (χ2n) is 7.10. The van der Waals surface area contributed by atoms with E-state index in [1.54, 1.807) is 20.8 Å². The molecule has 0 amide bonds. The molecule has 0 spiro atoms. The molecule has 0 saturated heterocycles. The lowest BCUT2D eigenvalue weighted by atomic mass is 10.2. The zero-order chi connectivity index (χ0) is 19.8. The van der Waals surface area contributed by atoms with Gasteiger partial charge in [-0.1, -0.05) is 12.1 Å². The minimum atomic E-state index is -3.17. The number of sulfone groups is 1. The van der Waals surface area contributed by atoms with Crippen LogP contribution >= 0.6 is 24.0 Å². The van der Waals surface area contributed by atoms with Gasteiger partial charge in [-0.2, -0.15) is 0 Å². The Morgan fingerprint density at radius 2 is 1.78 bits per heavy atom. The van der Waals surface area contributed by atoms with Crippen LogP contribution in [0.5, 0.6) is 5.75 Å². The summed E-state index contributed by atoms with van der Waals surface area (Å²) in [6, 6.07) is 7.95. The molecule has 0 fully saturated rings. The van der Waals surface area contributed by atoms with E-state index in [0.29, 0.717) is 19.1 Å². The van der Waals surface area contributed by atoms with Gasteiger partial charge in [-0.15, -0.1) is 24.0 Å². The molecule has 0 heterocycles. The molecule has 0 unspecified atom stereocenters. The Labute approximate surface area is 181 Å². The Bertz CT molecular complexity index is 683. The normalized spacial score (nSPS) is 12.3. The largest absolute Gasteiger partial charge is 0.494 e. The Hall–Kier alpha value is -1.03. The minimum Gasteiger partial charge on any atom is -0.494 e. The number of benzene rings is 1. The van der Waals surface area contributed by atoms with E-state index in [9.17, 15) is 8.42 Å². The highest BCUT2D eigenvalue weighted by atomic mass is 127. The van der Waals surface area contributed by atoms with Crippen molar-refractivity contribution in [3.8, 4) is 5.75 Å². The molecule has 0 saturated carbocycles. The predicted octanol–water partition coefficient (Wildman–Crippen LogP) is 3.31. The topological polar surface area (TPSA) is 71.0 Å². The molecule has 0 bridgehead atoms. The third-order valence-electron chi connectivity index (χ3n) is 3.91. The van der Waals surface area contributed by atoms with Crippen molar-refractivity contribution in [2.45, 2.75) is 45.9 Å². The van der Waals surface area contributed by atoms with E-state index < -0.39 is 14.6 Å². The van der Waals surface area contributed by atoms with Crippen LogP contribution in [-0.4, -0.2) is 56.5 Å². The molecule has 1 aromatic rings. The molecule has 1 N–H and O–H groups in total. The summed E-state index contributed by atoms with van der Waals surface area (Å²) in [5, 5.41) is 3.22. The molecule has 8 heteroatoms. The highest BCUT2D eigenvalue weighted by molar-refractivity contribution is 14.0. The van der Waals surface area contributed by atoms with Gasteiger partial charge in [0.05, 0.1) is 23.7 Å². The second kappa shape index (κ2) is 11.7. The Morgan fingerprint density at radius 3 is 2.26 bits per heavy atom. The third kappa shape index (κ3) is 8.68. The molecule has 0 aliphatic carbocycles. The van der Waals surface area contributed by atoms with E-state index in [1.807, 2.05) is 50.1 Å². The van der Waals surface area contributed by atoms with E-state index in [-0.39, 0.29) is 36.3 Å². The summed E-state index contributed by atoms with van der Waals surface area (Å²) >= 11 is 0. The lowest BCUT2D eigenvalue weighted by Crippen LogP contribution is -2.39. The van der Waals surface area contributed by atoms with Crippen molar-refractivity contribution in [3.63, 3.8) is 0 Å². The van der Waals surface area contributed by atoms with E-state index in [2.05, 4.69) is 10.3 Å². The van der Waals surface area contributed by atoms with Crippen LogP contribution < -0.4 is 10.1 Å². The maximum absolute atomic E-state index is 12.2. The van der Waals surface area contributed by atoms with Crippen LogP contribution in [0.1, 0.15) is 40.2 Å². The number of halogens is 1. The summed E-state index contributed by atoms with van der Waals surface area (Å²) in [5.41, 5.74) is 1.13. The first-order chi connectivity index (χ1) is 12.1. The minimum absolute atomic E-state index is 0. The summed E-state index contributed by atoms with van der Waals surface area (Å²) < 4.78 is 29.1. The molecule has 0 aliphatic rings. The number of nitrogens with zero attached hydrogens (tertiary/aromatic N) is 2. The van der Waals surface area contributed by atoms with Crippen molar-refractivity contribution in [2.75, 3.05) is 32.5 Å². The van der Waals surface area contributed by atoms with Crippen LogP contribution in [0.2, 0.25) is 0 Å². The molecule has 0 aliphatic heterocycles. The molecule has 27 heavy (non-hydrogen) atoms. The van der Waals surface area contributed by atoms with Crippen LogP contribution in [0.3, 0.4) is 0 Å². The van der Waals surface area contributed by atoms with Crippen molar-refractivity contribution in [1.29, 1.82) is 0 Å². The summed E-state index contributed by atoms with van der Waals surface area (Å²) in [5.74, 6) is 1.60. The standard InChI is InChI=1S/C19H33N3O3S.HI/c1-7-20-18(21-13-14-26(23,24)19(3,4)5)22(6)15-16-9-11-17(12-10-16)25-8-2;/h9-12H,7-8,13-15H2,1-6H3,(H,20,21);1H. The quantitative estimate of drug-likeness (QED) is 0.330. The van der Waals surface area contributed by atoms with Crippen LogP contribution in [0.25, 0.3) is 0 Å². The molecular formula is C19H34IN3O3S. The number of rotatable bonds is 8. The van der Waals surface area contributed by atoms with E-state index in [4.69, 9.17) is 4.74 Å². The van der Waals surface area contributed by atoms with Gasteiger partial charge in [0.25, 0.3) is 0 Å². The number of ether oxygens (including phenoxy) is 1. The summed E-state index contributed by atoms with van der Waals surface area (Å²) in [7, 11) is -1.23. The fourth-order valence-corrected chi connectivity index (χ4v) is 3.20. The fourth-order valence-electron chi connectivity index (χ4n) is 2.25. The number of hydrogen-bond acceptors (Lipinski definition) is 4. The van der Waals surface area contributed by atoms with Gasteiger partial charge >= 0.3 is 0 Å². The molecule has 156 valence electrons. The van der Waals surface area contributed by atoms with Gasteiger partial charge in [0, 0.05) is 20.1 Å². The zero-order valence-corrected chi connectivity index (χ0v) is 20.4. The molecule has 1 rings (SSSR count). The van der Waals surface area contributed by atoms with E-state index >= 15 is 0 Å². The van der Waals surface area contributed by atoms with E-state index in [1.165, 1.54) is 0 Å². The second-order valence-corrected chi connectivity index (χ2v) is 9.96. The first-order valence-electron chi connectivity index (χ1n) is 9.04. The first kappa shape index (κ1) is 26.0. The van der Waals surface area contributed by atoms with Crippen LogP contribution in [0, 0.1) is 0 Å².